The number of aromatic hydroxyl groups is 1. The van der Waals surface area contributed by atoms with Crippen molar-refractivity contribution in [3.8, 4) is 5.88 Å². The molecule has 0 amide bonds. The van der Waals surface area contributed by atoms with Crippen LogP contribution in [0.4, 0.5) is 11.5 Å². The Morgan fingerprint density at radius 3 is 2.42 bits per heavy atom. The first-order valence-corrected chi connectivity index (χ1v) is 7.94. The maximum Gasteiger partial charge on any atom is 0.218 e. The number of hydrogen-bond acceptors (Lipinski definition) is 5. The molecule has 7 nitrogen and oxygen atoms in total. The number of rotatable bonds is 3. The molecule has 0 radical (unpaired) electrons. The lowest BCUT2D eigenvalue weighted by atomic mass is 10.2. The Balaban J connectivity index is 1.79. The second kappa shape index (κ2) is 6.94. The third-order valence-electron chi connectivity index (χ3n) is 3.67. The molecule has 0 spiro atoms. The molecular weight excluding hydrogens is 328 g/mol. The molecule has 0 bridgehead atoms. The molecule has 0 aliphatic rings. The lowest BCUT2D eigenvalue weighted by Gasteiger charge is -1.99. The van der Waals surface area contributed by atoms with Gasteiger partial charge in [0.1, 0.15) is 5.69 Å². The molecule has 0 fully saturated rings. The summed E-state index contributed by atoms with van der Waals surface area (Å²) < 4.78 is 0. The van der Waals surface area contributed by atoms with Gasteiger partial charge in [0.15, 0.2) is 11.5 Å². The molecule has 4 rings (SSSR count). The summed E-state index contributed by atoms with van der Waals surface area (Å²) in [5.74, 6) is 0.748. The van der Waals surface area contributed by atoms with E-state index in [-0.39, 0.29) is 5.88 Å². The van der Waals surface area contributed by atoms with E-state index in [4.69, 9.17) is 0 Å². The Hall–Kier alpha value is -3.87. The molecule has 7 heteroatoms. The number of benzene rings is 1. The standard InChI is InChI=1S/C19H14N6O/c26-19-17(13-7-1-2-8-14(13)22-19)24-25-18(15-9-3-5-11-20-15)23-16-10-4-6-12-21-16/h1-12,22,26H. The van der Waals surface area contributed by atoms with Crippen LogP contribution in [0.15, 0.2) is 88.3 Å². The van der Waals surface area contributed by atoms with Gasteiger partial charge in [-0.1, -0.05) is 30.3 Å². The molecule has 0 unspecified atom stereocenters. The lowest BCUT2D eigenvalue weighted by molar-refractivity contribution is 0.459. The third kappa shape index (κ3) is 3.18. The molecule has 0 aliphatic heterocycles. The summed E-state index contributed by atoms with van der Waals surface area (Å²) >= 11 is 0. The van der Waals surface area contributed by atoms with Crippen molar-refractivity contribution in [3.63, 3.8) is 0 Å². The van der Waals surface area contributed by atoms with Crippen molar-refractivity contribution in [2.45, 2.75) is 0 Å². The first-order chi connectivity index (χ1) is 12.8. The van der Waals surface area contributed by atoms with E-state index in [1.54, 1.807) is 24.5 Å². The first kappa shape index (κ1) is 15.6. The molecule has 0 aliphatic carbocycles. The molecular formula is C19H14N6O. The summed E-state index contributed by atoms with van der Waals surface area (Å²) in [6, 6.07) is 18.3. The number of hydrogen-bond donors (Lipinski definition) is 2. The van der Waals surface area contributed by atoms with Crippen LogP contribution in [-0.2, 0) is 0 Å². The molecule has 126 valence electrons. The quantitative estimate of drug-likeness (QED) is 0.325. The monoisotopic (exact) mass is 342 g/mol. The van der Waals surface area contributed by atoms with E-state index < -0.39 is 0 Å². The fourth-order valence-electron chi connectivity index (χ4n) is 2.47. The minimum absolute atomic E-state index is 0.0480. The van der Waals surface area contributed by atoms with Gasteiger partial charge < -0.3 is 10.1 Å². The molecule has 4 aromatic rings. The Bertz CT molecular complexity index is 1090. The predicted molar refractivity (Wildman–Crippen MR) is 99.2 cm³/mol. The van der Waals surface area contributed by atoms with Crippen LogP contribution in [-0.4, -0.2) is 25.9 Å². The summed E-state index contributed by atoms with van der Waals surface area (Å²) in [7, 11) is 0. The number of pyridine rings is 2. The molecule has 0 atom stereocenters. The summed E-state index contributed by atoms with van der Waals surface area (Å²) in [6.07, 6.45) is 3.31. The highest BCUT2D eigenvalue weighted by Gasteiger charge is 2.11. The lowest BCUT2D eigenvalue weighted by Crippen LogP contribution is -1.99. The Morgan fingerprint density at radius 2 is 1.65 bits per heavy atom. The van der Waals surface area contributed by atoms with Crippen molar-refractivity contribution in [1.29, 1.82) is 0 Å². The topological polar surface area (TPSA) is 98.9 Å². The Labute approximate surface area is 148 Å². The van der Waals surface area contributed by atoms with Gasteiger partial charge in [-0.05, 0) is 30.3 Å². The van der Waals surface area contributed by atoms with E-state index >= 15 is 0 Å². The number of H-pyrrole nitrogens is 1. The van der Waals surface area contributed by atoms with Crippen LogP contribution < -0.4 is 0 Å². The molecule has 3 aromatic heterocycles. The van der Waals surface area contributed by atoms with Gasteiger partial charge in [-0.2, -0.15) is 0 Å². The smallest absolute Gasteiger partial charge is 0.218 e. The van der Waals surface area contributed by atoms with E-state index in [9.17, 15) is 5.11 Å². The van der Waals surface area contributed by atoms with Crippen LogP contribution in [0.3, 0.4) is 0 Å². The predicted octanol–water partition coefficient (Wildman–Crippen LogP) is 4.53. The van der Waals surface area contributed by atoms with Gasteiger partial charge in [0.2, 0.25) is 11.7 Å². The number of aromatic amines is 1. The van der Waals surface area contributed by atoms with E-state index in [2.05, 4.69) is 30.2 Å². The van der Waals surface area contributed by atoms with Gasteiger partial charge in [0.25, 0.3) is 0 Å². The van der Waals surface area contributed by atoms with Crippen LogP contribution in [0.2, 0.25) is 0 Å². The summed E-state index contributed by atoms with van der Waals surface area (Å²) in [5.41, 5.74) is 1.69. The first-order valence-electron chi connectivity index (χ1n) is 7.94. The number of para-hydroxylation sites is 1. The van der Waals surface area contributed by atoms with Gasteiger partial charge in [-0.3, -0.25) is 4.98 Å². The van der Waals surface area contributed by atoms with Gasteiger partial charge >= 0.3 is 0 Å². The second-order valence-electron chi connectivity index (χ2n) is 5.41. The maximum atomic E-state index is 10.1. The third-order valence-corrected chi connectivity index (χ3v) is 3.67. The van der Waals surface area contributed by atoms with E-state index in [1.165, 1.54) is 0 Å². The Morgan fingerprint density at radius 1 is 0.885 bits per heavy atom. The largest absolute Gasteiger partial charge is 0.493 e. The number of nitrogens with one attached hydrogen (secondary N) is 1. The van der Waals surface area contributed by atoms with Crippen molar-refractivity contribution in [1.82, 2.24) is 15.0 Å². The Kier molecular flexibility index (Phi) is 4.17. The summed E-state index contributed by atoms with van der Waals surface area (Å²) in [6.45, 7) is 0. The normalized spacial score (nSPS) is 12.1. The minimum Gasteiger partial charge on any atom is -0.493 e. The van der Waals surface area contributed by atoms with E-state index in [0.717, 1.165) is 10.9 Å². The highest BCUT2D eigenvalue weighted by atomic mass is 16.3. The highest BCUT2D eigenvalue weighted by Crippen LogP contribution is 2.35. The molecule has 0 saturated carbocycles. The number of azo groups is 1. The van der Waals surface area contributed by atoms with E-state index in [0.29, 0.717) is 23.0 Å². The van der Waals surface area contributed by atoms with Crippen molar-refractivity contribution >= 4 is 28.2 Å². The van der Waals surface area contributed by atoms with Crippen LogP contribution in [0.5, 0.6) is 5.88 Å². The van der Waals surface area contributed by atoms with Crippen LogP contribution in [0.1, 0.15) is 5.69 Å². The molecule has 26 heavy (non-hydrogen) atoms. The molecule has 2 N–H and O–H groups in total. The average Bonchev–Trinajstić information content (AvgIpc) is 3.02. The van der Waals surface area contributed by atoms with Crippen molar-refractivity contribution < 1.29 is 5.11 Å². The molecule has 3 heterocycles. The van der Waals surface area contributed by atoms with E-state index in [1.807, 2.05) is 48.5 Å². The number of aromatic nitrogens is 3. The minimum atomic E-state index is -0.0480. The van der Waals surface area contributed by atoms with Crippen molar-refractivity contribution in [2.24, 2.45) is 15.2 Å². The van der Waals surface area contributed by atoms with Crippen LogP contribution in [0.25, 0.3) is 10.9 Å². The zero-order valence-electron chi connectivity index (χ0n) is 13.6. The summed E-state index contributed by atoms with van der Waals surface area (Å²) in [4.78, 5) is 15.8. The molecule has 0 saturated heterocycles. The summed E-state index contributed by atoms with van der Waals surface area (Å²) in [5, 5.41) is 19.3. The van der Waals surface area contributed by atoms with Crippen molar-refractivity contribution in [3.05, 3.63) is 78.8 Å². The number of aliphatic imine (C=N–C) groups is 1. The fraction of sp³-hybridized carbons (Fsp3) is 0. The number of nitrogens with zero attached hydrogens (tertiary/aromatic N) is 5. The van der Waals surface area contributed by atoms with Crippen molar-refractivity contribution in [2.75, 3.05) is 0 Å². The second-order valence-corrected chi connectivity index (χ2v) is 5.41. The van der Waals surface area contributed by atoms with Gasteiger partial charge in [0.05, 0.1) is 5.52 Å². The SMILES string of the molecule is Oc1[nH]c2ccccc2c1N=NC(=Nc1ccccn1)c1ccccn1. The number of amidine groups is 1. The van der Waals surface area contributed by atoms with Crippen LogP contribution >= 0.6 is 0 Å². The number of fused-ring (bicyclic) bond motifs is 1. The van der Waals surface area contributed by atoms with Crippen LogP contribution in [0, 0.1) is 0 Å². The average molecular weight is 342 g/mol. The highest BCUT2D eigenvalue weighted by molar-refractivity contribution is 5.99. The molecule has 1 aromatic carbocycles. The van der Waals surface area contributed by atoms with Gasteiger partial charge in [0, 0.05) is 17.8 Å². The zero-order chi connectivity index (χ0) is 17.8. The van der Waals surface area contributed by atoms with Gasteiger partial charge in [-0.15, -0.1) is 10.2 Å². The maximum absolute atomic E-state index is 10.1. The van der Waals surface area contributed by atoms with Gasteiger partial charge in [-0.25, -0.2) is 9.98 Å². The zero-order valence-corrected chi connectivity index (χ0v) is 13.6. The fourth-order valence-corrected chi connectivity index (χ4v) is 2.47.